The minimum atomic E-state index is -0.386. The molecule has 1 aromatic heterocycles. The van der Waals surface area contributed by atoms with Crippen LogP contribution in [0.1, 0.15) is 49.9 Å². The maximum atomic E-state index is 5.05. The number of nitrogens with zero attached hydrogens (tertiary/aromatic N) is 1. The van der Waals surface area contributed by atoms with E-state index in [2.05, 4.69) is 85.8 Å². The van der Waals surface area contributed by atoms with Gasteiger partial charge in [-0.05, 0) is 55.6 Å². The molecule has 2 atom stereocenters. The van der Waals surface area contributed by atoms with Gasteiger partial charge in [0, 0.05) is 17.3 Å². The molecular formula is C25H28NP. The average molecular weight is 373 g/mol. The van der Waals surface area contributed by atoms with Crippen LogP contribution in [0, 0.1) is 0 Å². The summed E-state index contributed by atoms with van der Waals surface area (Å²) in [6, 6.07) is 29.0. The summed E-state index contributed by atoms with van der Waals surface area (Å²) in [6.07, 6.45) is 6.25. The zero-order valence-electron chi connectivity index (χ0n) is 16.1. The van der Waals surface area contributed by atoms with E-state index in [0.717, 1.165) is 6.42 Å². The Labute approximate surface area is 164 Å². The summed E-state index contributed by atoms with van der Waals surface area (Å²) >= 11 is 0. The van der Waals surface area contributed by atoms with Gasteiger partial charge in [-0.1, -0.05) is 86.5 Å². The van der Waals surface area contributed by atoms with Crippen LogP contribution in [0.4, 0.5) is 0 Å². The lowest BCUT2D eigenvalue weighted by Crippen LogP contribution is -2.30. The minimum Gasteiger partial charge on any atom is -0.258 e. The molecule has 2 heteroatoms. The first-order valence-electron chi connectivity index (χ1n) is 10.2. The molecule has 138 valence electrons. The SMILES string of the molecule is CCc1cccc([C@@H]2CCCC[C@@H]2P(c2ccccc2)c2ccccc2)n1. The number of aryl methyl sites for hydroxylation is 1. The summed E-state index contributed by atoms with van der Waals surface area (Å²) in [7, 11) is -0.386. The van der Waals surface area contributed by atoms with E-state index in [-0.39, 0.29) is 7.92 Å². The molecule has 4 rings (SSSR count). The zero-order chi connectivity index (χ0) is 18.5. The molecule has 0 bridgehead atoms. The summed E-state index contributed by atoms with van der Waals surface area (Å²) in [5, 5.41) is 3.00. The number of benzene rings is 2. The van der Waals surface area contributed by atoms with Crippen LogP contribution in [0.15, 0.2) is 78.9 Å². The van der Waals surface area contributed by atoms with Crippen LogP contribution < -0.4 is 10.6 Å². The molecule has 1 heterocycles. The van der Waals surface area contributed by atoms with E-state index in [1.165, 1.54) is 47.7 Å². The van der Waals surface area contributed by atoms with Crippen LogP contribution in [0.5, 0.6) is 0 Å². The number of aromatic nitrogens is 1. The van der Waals surface area contributed by atoms with Crippen molar-refractivity contribution >= 4 is 18.5 Å². The summed E-state index contributed by atoms with van der Waals surface area (Å²) in [5.41, 5.74) is 3.21. The Kier molecular flexibility index (Phi) is 6.00. The Hall–Kier alpha value is -1.98. The van der Waals surface area contributed by atoms with E-state index in [9.17, 15) is 0 Å². The van der Waals surface area contributed by atoms with Crippen molar-refractivity contribution in [3.63, 3.8) is 0 Å². The first-order chi connectivity index (χ1) is 13.4. The van der Waals surface area contributed by atoms with E-state index < -0.39 is 0 Å². The summed E-state index contributed by atoms with van der Waals surface area (Å²) in [4.78, 5) is 5.05. The first kappa shape index (κ1) is 18.4. The lowest BCUT2D eigenvalue weighted by atomic mass is 9.86. The van der Waals surface area contributed by atoms with Crippen molar-refractivity contribution in [2.24, 2.45) is 0 Å². The smallest absolute Gasteiger partial charge is 0.0444 e. The molecule has 0 radical (unpaired) electrons. The lowest BCUT2D eigenvalue weighted by molar-refractivity contribution is 0.445. The normalized spacial score (nSPS) is 19.9. The first-order valence-corrected chi connectivity index (χ1v) is 11.6. The monoisotopic (exact) mass is 373 g/mol. The van der Waals surface area contributed by atoms with Gasteiger partial charge in [0.1, 0.15) is 0 Å². The van der Waals surface area contributed by atoms with Gasteiger partial charge in [-0.3, -0.25) is 4.98 Å². The van der Waals surface area contributed by atoms with Crippen molar-refractivity contribution in [3.05, 3.63) is 90.3 Å². The number of hydrogen-bond donors (Lipinski definition) is 0. The van der Waals surface area contributed by atoms with Crippen LogP contribution in [0.3, 0.4) is 0 Å². The molecule has 0 amide bonds. The fourth-order valence-corrected chi connectivity index (χ4v) is 7.53. The second kappa shape index (κ2) is 8.81. The fraction of sp³-hybridized carbons (Fsp3) is 0.320. The van der Waals surface area contributed by atoms with Gasteiger partial charge in [0.05, 0.1) is 0 Å². The zero-order valence-corrected chi connectivity index (χ0v) is 17.0. The van der Waals surface area contributed by atoms with Crippen molar-refractivity contribution in [1.29, 1.82) is 0 Å². The molecule has 27 heavy (non-hydrogen) atoms. The van der Waals surface area contributed by atoms with Crippen LogP contribution >= 0.6 is 7.92 Å². The van der Waals surface area contributed by atoms with E-state index in [4.69, 9.17) is 4.98 Å². The van der Waals surface area contributed by atoms with E-state index in [1.54, 1.807) is 0 Å². The van der Waals surface area contributed by atoms with Crippen molar-refractivity contribution in [2.45, 2.75) is 50.6 Å². The standard InChI is InChI=1S/C25H28NP/c1-2-20-12-11-18-24(26-20)23-17-9-10-19-25(23)27(21-13-5-3-6-14-21)22-15-7-4-8-16-22/h3-8,11-16,18,23,25H,2,9-10,17,19H2,1H3/t23-,25-/m0/s1. The largest absolute Gasteiger partial charge is 0.258 e. The molecule has 0 aliphatic heterocycles. The van der Waals surface area contributed by atoms with Crippen LogP contribution in [-0.2, 0) is 6.42 Å². The lowest BCUT2D eigenvalue weighted by Gasteiger charge is -2.38. The Morgan fingerprint density at radius 1 is 0.778 bits per heavy atom. The van der Waals surface area contributed by atoms with Crippen molar-refractivity contribution in [1.82, 2.24) is 4.98 Å². The van der Waals surface area contributed by atoms with Gasteiger partial charge >= 0.3 is 0 Å². The van der Waals surface area contributed by atoms with Crippen LogP contribution in [-0.4, -0.2) is 10.6 Å². The molecule has 1 nitrogen and oxygen atoms in total. The molecule has 0 N–H and O–H groups in total. The summed E-state index contributed by atoms with van der Waals surface area (Å²) in [6.45, 7) is 2.20. The van der Waals surface area contributed by atoms with Gasteiger partial charge in [-0.2, -0.15) is 0 Å². The summed E-state index contributed by atoms with van der Waals surface area (Å²) in [5.74, 6) is 0.566. The highest BCUT2D eigenvalue weighted by Crippen LogP contribution is 2.51. The summed E-state index contributed by atoms with van der Waals surface area (Å²) < 4.78 is 0. The van der Waals surface area contributed by atoms with Crippen molar-refractivity contribution in [3.8, 4) is 0 Å². The average Bonchev–Trinajstić information content (AvgIpc) is 2.76. The van der Waals surface area contributed by atoms with Gasteiger partial charge in [0.15, 0.2) is 0 Å². The second-order valence-electron chi connectivity index (χ2n) is 7.41. The van der Waals surface area contributed by atoms with Gasteiger partial charge in [0.25, 0.3) is 0 Å². The molecule has 0 unspecified atom stereocenters. The third-order valence-electron chi connectivity index (χ3n) is 5.70. The second-order valence-corrected chi connectivity index (χ2v) is 9.84. The number of rotatable bonds is 5. The quantitative estimate of drug-likeness (QED) is 0.515. The van der Waals surface area contributed by atoms with Gasteiger partial charge in [-0.15, -0.1) is 0 Å². The Balaban J connectivity index is 1.77. The predicted octanol–water partition coefficient (Wildman–Crippen LogP) is 5.80. The van der Waals surface area contributed by atoms with Crippen molar-refractivity contribution in [2.75, 3.05) is 0 Å². The van der Waals surface area contributed by atoms with E-state index in [1.807, 2.05) is 0 Å². The molecule has 1 aliphatic rings. The molecule has 1 saturated carbocycles. The van der Waals surface area contributed by atoms with E-state index in [0.29, 0.717) is 11.6 Å². The molecule has 2 aromatic carbocycles. The molecule has 1 aliphatic carbocycles. The maximum absolute atomic E-state index is 5.05. The highest BCUT2D eigenvalue weighted by molar-refractivity contribution is 7.73. The van der Waals surface area contributed by atoms with Crippen LogP contribution in [0.25, 0.3) is 0 Å². The molecular weight excluding hydrogens is 345 g/mol. The maximum Gasteiger partial charge on any atom is 0.0444 e. The predicted molar refractivity (Wildman–Crippen MR) is 118 cm³/mol. The minimum absolute atomic E-state index is 0.386. The van der Waals surface area contributed by atoms with Gasteiger partial charge < -0.3 is 0 Å². The Morgan fingerprint density at radius 2 is 1.41 bits per heavy atom. The molecule has 0 spiro atoms. The third-order valence-corrected chi connectivity index (χ3v) is 8.69. The molecule has 0 saturated heterocycles. The van der Waals surface area contributed by atoms with Gasteiger partial charge in [-0.25, -0.2) is 0 Å². The molecule has 3 aromatic rings. The Morgan fingerprint density at radius 3 is 2.04 bits per heavy atom. The fourth-order valence-electron chi connectivity index (χ4n) is 4.38. The van der Waals surface area contributed by atoms with Gasteiger partial charge in [0.2, 0.25) is 0 Å². The molecule has 1 fully saturated rings. The topological polar surface area (TPSA) is 12.9 Å². The van der Waals surface area contributed by atoms with E-state index >= 15 is 0 Å². The Bertz CT molecular complexity index is 807. The number of hydrogen-bond acceptors (Lipinski definition) is 1. The highest BCUT2D eigenvalue weighted by atomic mass is 31.1. The van der Waals surface area contributed by atoms with Crippen molar-refractivity contribution < 1.29 is 0 Å². The third kappa shape index (κ3) is 4.14. The highest BCUT2D eigenvalue weighted by Gasteiger charge is 2.35. The number of pyridine rings is 1. The van der Waals surface area contributed by atoms with Crippen LogP contribution in [0.2, 0.25) is 0 Å².